The Balaban J connectivity index is 1.20. The topological polar surface area (TPSA) is 174 Å². The van der Waals surface area contributed by atoms with Gasteiger partial charge in [0.2, 0.25) is 11.8 Å². The van der Waals surface area contributed by atoms with Crippen molar-refractivity contribution < 1.29 is 33.4 Å². The van der Waals surface area contributed by atoms with Crippen LogP contribution in [0.2, 0.25) is 5.02 Å². The molecule has 3 aliphatic rings. The first-order chi connectivity index (χ1) is 23.2. The lowest BCUT2D eigenvalue weighted by Gasteiger charge is -2.34. The fourth-order valence-corrected chi connectivity index (χ4v) is 5.99. The zero-order chi connectivity index (χ0) is 34.2. The maximum atomic E-state index is 13.3. The molecule has 1 aromatic carbocycles. The zero-order valence-electron chi connectivity index (χ0n) is 26.9. The molecule has 2 aromatic rings. The number of rotatable bonds is 11. The van der Waals surface area contributed by atoms with Crippen molar-refractivity contribution in [3.63, 3.8) is 0 Å². The molecule has 1 saturated carbocycles. The van der Waals surface area contributed by atoms with Gasteiger partial charge in [-0.05, 0) is 50.3 Å². The lowest BCUT2D eigenvalue weighted by Crippen LogP contribution is -2.52. The van der Waals surface area contributed by atoms with Crippen LogP contribution in [0.15, 0.2) is 24.3 Å². The number of unbranched alkanes of at least 4 members (excludes halogenated alkanes) is 1. The molecule has 2 aliphatic heterocycles. The molecule has 1 aromatic heterocycles. The van der Waals surface area contributed by atoms with E-state index in [1.807, 2.05) is 6.92 Å². The summed E-state index contributed by atoms with van der Waals surface area (Å²) >= 11 is 6.20. The maximum Gasteiger partial charge on any atom is 0.409 e. The van der Waals surface area contributed by atoms with Gasteiger partial charge < -0.3 is 34.8 Å². The van der Waals surface area contributed by atoms with Crippen LogP contribution >= 0.6 is 11.6 Å². The molecule has 48 heavy (non-hydrogen) atoms. The third kappa shape index (κ3) is 8.44. The van der Waals surface area contributed by atoms with E-state index in [0.717, 1.165) is 32.1 Å². The standard InChI is InChI=1S/C33H40ClN7O7/c1-2-3-13-47-33(46)40-11-9-39(10-12-40)29(42)18-36-31(44)26-16-28(24-8-7-22(34)15-25(24)38-26)48-20-30(43)41-19-21(17-35)14-27(41)32(45)37-23-5-4-6-23/h7-8,15-16,21,23,27H,2-6,9-14,18-20H2,1H3,(H,36,44)(H,37,45)/t21-,27-/m0/s1. The number of fused-ring (bicyclic) bond motifs is 1. The molecule has 0 radical (unpaired) electrons. The van der Waals surface area contributed by atoms with Crippen molar-refractivity contribution in [1.29, 1.82) is 5.26 Å². The SMILES string of the molecule is CCCCOC(=O)N1CCN(C(=O)CNC(=O)c2cc(OCC(=O)N3C[C@H](C#N)C[C@H]3C(=O)NC3CCC3)c3ccc(Cl)cc3n2)CC1. The van der Waals surface area contributed by atoms with Crippen LogP contribution in [0.3, 0.4) is 0 Å². The number of amides is 5. The highest BCUT2D eigenvalue weighted by Crippen LogP contribution is 2.29. The summed E-state index contributed by atoms with van der Waals surface area (Å²) in [5.41, 5.74) is 0.289. The molecule has 2 atom stereocenters. The normalized spacial score (nSPS) is 19.3. The molecule has 14 nitrogen and oxygen atoms in total. The molecule has 1 aliphatic carbocycles. The van der Waals surface area contributed by atoms with E-state index in [2.05, 4.69) is 21.7 Å². The van der Waals surface area contributed by atoms with Crippen molar-refractivity contribution in [2.24, 2.45) is 5.92 Å². The van der Waals surface area contributed by atoms with Crippen molar-refractivity contribution in [1.82, 2.24) is 30.3 Å². The lowest BCUT2D eigenvalue weighted by atomic mass is 9.92. The van der Waals surface area contributed by atoms with E-state index in [0.29, 0.717) is 48.7 Å². The number of piperazine rings is 1. The van der Waals surface area contributed by atoms with Gasteiger partial charge in [-0.2, -0.15) is 5.26 Å². The van der Waals surface area contributed by atoms with Crippen LogP contribution < -0.4 is 15.4 Å². The maximum absolute atomic E-state index is 13.3. The quantitative estimate of drug-likeness (QED) is 0.338. The average molecular weight is 682 g/mol. The summed E-state index contributed by atoms with van der Waals surface area (Å²) < 4.78 is 11.2. The Labute approximate surface area is 283 Å². The Morgan fingerprint density at radius 1 is 1.06 bits per heavy atom. The van der Waals surface area contributed by atoms with Crippen molar-refractivity contribution in [2.45, 2.75) is 57.5 Å². The number of carbonyl (C=O) groups is 5. The number of pyridine rings is 1. The smallest absolute Gasteiger partial charge is 0.409 e. The van der Waals surface area contributed by atoms with Crippen LogP contribution in [-0.2, 0) is 19.1 Å². The van der Waals surface area contributed by atoms with Crippen LogP contribution in [0.1, 0.15) is 55.9 Å². The predicted molar refractivity (Wildman–Crippen MR) is 174 cm³/mol. The molecule has 0 spiro atoms. The van der Waals surface area contributed by atoms with Gasteiger partial charge >= 0.3 is 6.09 Å². The fraction of sp³-hybridized carbons (Fsp3) is 0.545. The lowest BCUT2D eigenvalue weighted by molar-refractivity contribution is -0.140. The second-order valence-corrected chi connectivity index (χ2v) is 12.7. The third-order valence-corrected chi connectivity index (χ3v) is 9.13. The van der Waals surface area contributed by atoms with Crippen LogP contribution in [0.5, 0.6) is 5.75 Å². The van der Waals surface area contributed by atoms with Gasteiger partial charge in [0.05, 0.1) is 30.7 Å². The number of benzene rings is 1. The Morgan fingerprint density at radius 3 is 2.50 bits per heavy atom. The highest BCUT2D eigenvalue weighted by Gasteiger charge is 2.40. The summed E-state index contributed by atoms with van der Waals surface area (Å²) in [4.78, 5) is 73.5. The number of nitrogens with zero attached hydrogens (tertiary/aromatic N) is 5. The minimum atomic E-state index is -0.763. The summed E-state index contributed by atoms with van der Waals surface area (Å²) in [6, 6.07) is 7.72. The first-order valence-corrected chi connectivity index (χ1v) is 16.7. The largest absolute Gasteiger partial charge is 0.483 e. The molecule has 3 fully saturated rings. The van der Waals surface area contributed by atoms with Crippen molar-refractivity contribution in [3.05, 3.63) is 35.0 Å². The number of nitriles is 1. The number of likely N-dealkylation sites (tertiary alicyclic amines) is 1. The molecule has 5 rings (SSSR count). The molecular formula is C33H40ClN7O7. The number of aromatic nitrogens is 1. The summed E-state index contributed by atoms with van der Waals surface area (Å²) in [6.07, 6.45) is 4.41. The van der Waals surface area contributed by atoms with Gasteiger partial charge in [0, 0.05) is 55.2 Å². The molecule has 256 valence electrons. The van der Waals surface area contributed by atoms with Crippen LogP contribution in [0.25, 0.3) is 10.9 Å². The van der Waals surface area contributed by atoms with Crippen LogP contribution in [-0.4, -0.2) is 114 Å². The van der Waals surface area contributed by atoms with E-state index in [1.54, 1.807) is 28.0 Å². The van der Waals surface area contributed by atoms with E-state index in [-0.39, 0.29) is 48.8 Å². The molecule has 3 heterocycles. The van der Waals surface area contributed by atoms with Gasteiger partial charge in [-0.3, -0.25) is 19.2 Å². The molecule has 2 N–H and O–H groups in total. The molecule has 5 amide bonds. The van der Waals surface area contributed by atoms with E-state index in [4.69, 9.17) is 21.1 Å². The van der Waals surface area contributed by atoms with Crippen LogP contribution in [0, 0.1) is 17.2 Å². The van der Waals surface area contributed by atoms with Crippen molar-refractivity contribution >= 4 is 52.2 Å². The van der Waals surface area contributed by atoms with Crippen molar-refractivity contribution in [2.75, 3.05) is 52.5 Å². The van der Waals surface area contributed by atoms with E-state index >= 15 is 0 Å². The van der Waals surface area contributed by atoms with Gasteiger partial charge in [-0.25, -0.2) is 9.78 Å². The fourth-order valence-electron chi connectivity index (χ4n) is 5.82. The van der Waals surface area contributed by atoms with Gasteiger partial charge in [-0.1, -0.05) is 24.9 Å². The van der Waals surface area contributed by atoms with E-state index in [1.165, 1.54) is 11.0 Å². The van der Waals surface area contributed by atoms with Crippen molar-refractivity contribution in [3.8, 4) is 11.8 Å². The first-order valence-electron chi connectivity index (χ1n) is 16.4. The van der Waals surface area contributed by atoms with Gasteiger partial charge in [0.1, 0.15) is 17.5 Å². The number of halogens is 1. The summed E-state index contributed by atoms with van der Waals surface area (Å²) in [6.45, 7) is 3.04. The predicted octanol–water partition coefficient (Wildman–Crippen LogP) is 2.49. The molecule has 0 unspecified atom stereocenters. The number of nitrogens with one attached hydrogen (secondary N) is 2. The number of ether oxygens (including phenoxy) is 2. The second-order valence-electron chi connectivity index (χ2n) is 12.2. The second kappa shape index (κ2) is 16.0. The Bertz CT molecular complexity index is 1590. The monoisotopic (exact) mass is 681 g/mol. The molecule has 15 heteroatoms. The number of hydrogen-bond acceptors (Lipinski definition) is 9. The number of hydrogen-bond donors (Lipinski definition) is 2. The van der Waals surface area contributed by atoms with Gasteiger partial charge in [0.15, 0.2) is 6.61 Å². The average Bonchev–Trinajstić information content (AvgIpc) is 3.52. The van der Waals surface area contributed by atoms with Crippen LogP contribution in [0.4, 0.5) is 4.79 Å². The van der Waals surface area contributed by atoms with E-state index < -0.39 is 36.5 Å². The summed E-state index contributed by atoms with van der Waals surface area (Å²) in [7, 11) is 0. The minimum absolute atomic E-state index is 0.0527. The molecule has 0 bridgehead atoms. The molecular weight excluding hydrogens is 642 g/mol. The Hall–Kier alpha value is -4.64. The summed E-state index contributed by atoms with van der Waals surface area (Å²) in [5.74, 6) is -1.96. The third-order valence-electron chi connectivity index (χ3n) is 8.89. The first kappa shape index (κ1) is 34.7. The summed E-state index contributed by atoms with van der Waals surface area (Å²) in [5, 5.41) is 15.9. The van der Waals surface area contributed by atoms with E-state index in [9.17, 15) is 29.2 Å². The molecule has 2 saturated heterocycles. The Morgan fingerprint density at radius 2 is 1.81 bits per heavy atom. The highest BCUT2D eigenvalue weighted by atomic mass is 35.5. The number of carbonyl (C=O) groups excluding carboxylic acids is 5. The highest BCUT2D eigenvalue weighted by molar-refractivity contribution is 6.31. The zero-order valence-corrected chi connectivity index (χ0v) is 27.7. The Kier molecular flexibility index (Phi) is 11.5. The van der Waals surface area contributed by atoms with Gasteiger partial charge in [-0.15, -0.1) is 0 Å². The van der Waals surface area contributed by atoms with Gasteiger partial charge in [0.25, 0.3) is 11.8 Å². The minimum Gasteiger partial charge on any atom is -0.483 e.